The summed E-state index contributed by atoms with van der Waals surface area (Å²) in [4.78, 5) is 20.5. The lowest BCUT2D eigenvalue weighted by Gasteiger charge is -2.39. The van der Waals surface area contributed by atoms with Crippen molar-refractivity contribution in [3.63, 3.8) is 0 Å². The summed E-state index contributed by atoms with van der Waals surface area (Å²) < 4.78 is 13.8. The second kappa shape index (κ2) is 11.3. The number of nitrogens with one attached hydrogen (secondary N) is 1. The molecule has 2 aliphatic heterocycles. The molecule has 36 heavy (non-hydrogen) atoms. The predicted molar refractivity (Wildman–Crippen MR) is 134 cm³/mol. The van der Waals surface area contributed by atoms with E-state index in [0.29, 0.717) is 37.3 Å². The molecule has 2 N–H and O–H groups in total. The second-order valence-electron chi connectivity index (χ2n) is 9.66. The van der Waals surface area contributed by atoms with Crippen LogP contribution in [0, 0.1) is 5.92 Å². The number of para-hydroxylation sites is 1. The zero-order valence-corrected chi connectivity index (χ0v) is 21.2. The first-order chi connectivity index (χ1) is 17.5. The minimum absolute atomic E-state index is 0.0202. The van der Waals surface area contributed by atoms with Crippen LogP contribution in [-0.4, -0.2) is 87.0 Å². The number of hydrogen-bond acceptors (Lipinski definition) is 8. The van der Waals surface area contributed by atoms with Gasteiger partial charge in [0.05, 0.1) is 19.7 Å². The Balaban J connectivity index is 1.19. The number of aliphatic hydroxyl groups excluding tert-OH is 1. The number of amides is 1. The molecule has 1 amide bonds. The summed E-state index contributed by atoms with van der Waals surface area (Å²) in [6.07, 6.45) is 3.33. The number of likely N-dealkylation sites (N-methyl/N-ethyl adjacent to an activating group) is 1. The molecule has 0 bridgehead atoms. The summed E-state index contributed by atoms with van der Waals surface area (Å²) in [5, 5.41) is 17.9. The van der Waals surface area contributed by atoms with Crippen molar-refractivity contribution in [2.45, 2.75) is 43.6 Å². The number of benzene rings is 1. The number of carbonyl (C=O) groups excluding carboxylic acids is 1. The predicted octanol–water partition coefficient (Wildman–Crippen LogP) is 1.98. The average molecular weight is 517 g/mol. The molecule has 5 rings (SSSR count). The van der Waals surface area contributed by atoms with Crippen LogP contribution in [0.3, 0.4) is 0 Å². The standard InChI is InChI=1S/C25H33ClN6O4/c1-27-23(34)14-31-9-8-30(13-19(31)16-33)15-24-28-25(29-36-24)21-10-17(11-22(26)35-21)12-32-7-6-18-4-2-3-5-20(18)32/h2-7,17,19,21-22,33H,8-16H2,1H3,(H,27,34)/t17-,19-,21-,22+/m0/s1. The summed E-state index contributed by atoms with van der Waals surface area (Å²) in [5.41, 5.74) is 0.807. The van der Waals surface area contributed by atoms with Crippen molar-refractivity contribution in [1.29, 1.82) is 0 Å². The molecular weight excluding hydrogens is 484 g/mol. The molecule has 4 atom stereocenters. The third kappa shape index (κ3) is 5.73. The van der Waals surface area contributed by atoms with Gasteiger partial charge in [0.2, 0.25) is 17.6 Å². The van der Waals surface area contributed by atoms with Crippen LogP contribution < -0.4 is 5.32 Å². The summed E-state index contributed by atoms with van der Waals surface area (Å²) in [6, 6.07) is 10.4. The molecule has 11 heteroatoms. The molecule has 2 aliphatic rings. The fourth-order valence-electron chi connectivity index (χ4n) is 5.24. The number of halogens is 1. The van der Waals surface area contributed by atoms with E-state index < -0.39 is 5.56 Å². The van der Waals surface area contributed by atoms with Crippen molar-refractivity contribution in [3.05, 3.63) is 48.2 Å². The third-order valence-electron chi connectivity index (χ3n) is 7.17. The largest absolute Gasteiger partial charge is 0.395 e. The molecule has 194 valence electrons. The van der Waals surface area contributed by atoms with E-state index in [2.05, 4.69) is 61.5 Å². The zero-order chi connectivity index (χ0) is 25.1. The SMILES string of the molecule is CNC(=O)CN1CCN(Cc2nc([C@@H]3C[C@H](Cn4ccc5ccccc54)C[C@H](Cl)O3)no2)C[C@H]1CO. The fraction of sp³-hybridized carbons (Fsp3) is 0.560. The number of hydrogen-bond donors (Lipinski definition) is 2. The highest BCUT2D eigenvalue weighted by atomic mass is 35.5. The number of carbonyl (C=O) groups is 1. The number of aromatic nitrogens is 3. The lowest BCUT2D eigenvalue weighted by molar-refractivity contribution is -0.123. The molecule has 0 radical (unpaired) electrons. The molecule has 4 heterocycles. The van der Waals surface area contributed by atoms with Crippen LogP contribution in [0.2, 0.25) is 0 Å². The molecule has 0 spiro atoms. The second-order valence-corrected chi connectivity index (χ2v) is 10.1. The highest BCUT2D eigenvalue weighted by Crippen LogP contribution is 2.36. The first-order valence-corrected chi connectivity index (χ1v) is 12.9. The highest BCUT2D eigenvalue weighted by molar-refractivity contribution is 6.19. The Morgan fingerprint density at radius 2 is 2.11 bits per heavy atom. The number of rotatable bonds is 8. The van der Waals surface area contributed by atoms with E-state index in [1.807, 2.05) is 4.90 Å². The maximum atomic E-state index is 11.8. The van der Waals surface area contributed by atoms with Crippen LogP contribution in [0.25, 0.3) is 10.9 Å². The molecule has 2 saturated heterocycles. The lowest BCUT2D eigenvalue weighted by Crippen LogP contribution is -2.56. The van der Waals surface area contributed by atoms with E-state index in [-0.39, 0.29) is 31.2 Å². The Morgan fingerprint density at radius 1 is 1.25 bits per heavy atom. The number of ether oxygens (including phenoxy) is 1. The number of nitrogens with zero attached hydrogens (tertiary/aromatic N) is 5. The number of alkyl halides is 1. The number of aliphatic hydroxyl groups is 1. The van der Waals surface area contributed by atoms with Gasteiger partial charge in [0, 0.05) is 51.0 Å². The molecule has 2 fully saturated rings. The summed E-state index contributed by atoms with van der Waals surface area (Å²) in [7, 11) is 1.62. The first-order valence-electron chi connectivity index (χ1n) is 12.5. The Morgan fingerprint density at radius 3 is 2.94 bits per heavy atom. The quantitative estimate of drug-likeness (QED) is 0.437. The Bertz CT molecular complexity index is 1170. The van der Waals surface area contributed by atoms with Gasteiger partial charge in [-0.05, 0) is 36.3 Å². The molecular formula is C25H33ClN6O4. The van der Waals surface area contributed by atoms with Gasteiger partial charge in [-0.3, -0.25) is 14.6 Å². The summed E-state index contributed by atoms with van der Waals surface area (Å²) in [5.74, 6) is 1.30. The number of piperazine rings is 1. The van der Waals surface area contributed by atoms with Crippen molar-refractivity contribution in [3.8, 4) is 0 Å². The van der Waals surface area contributed by atoms with Crippen molar-refractivity contribution in [2.75, 3.05) is 39.8 Å². The molecule has 3 aromatic rings. The van der Waals surface area contributed by atoms with Gasteiger partial charge in [0.25, 0.3) is 0 Å². The summed E-state index contributed by atoms with van der Waals surface area (Å²) >= 11 is 6.49. The van der Waals surface area contributed by atoms with E-state index in [1.54, 1.807) is 7.05 Å². The Hall–Kier alpha value is -2.50. The van der Waals surface area contributed by atoms with Crippen molar-refractivity contribution in [2.24, 2.45) is 5.92 Å². The molecule has 1 aromatic carbocycles. The zero-order valence-electron chi connectivity index (χ0n) is 20.4. The van der Waals surface area contributed by atoms with E-state index >= 15 is 0 Å². The van der Waals surface area contributed by atoms with Gasteiger partial charge in [0.1, 0.15) is 11.7 Å². The van der Waals surface area contributed by atoms with E-state index in [1.165, 1.54) is 10.9 Å². The van der Waals surface area contributed by atoms with Gasteiger partial charge in [0.15, 0.2) is 0 Å². The van der Waals surface area contributed by atoms with Gasteiger partial charge < -0.3 is 24.3 Å². The third-order valence-corrected chi connectivity index (χ3v) is 7.45. The van der Waals surface area contributed by atoms with Crippen LogP contribution in [-0.2, 0) is 22.6 Å². The molecule has 0 saturated carbocycles. The molecule has 0 aliphatic carbocycles. The van der Waals surface area contributed by atoms with Gasteiger partial charge >= 0.3 is 0 Å². The normalized spacial score (nSPS) is 25.9. The monoisotopic (exact) mass is 516 g/mol. The van der Waals surface area contributed by atoms with E-state index in [0.717, 1.165) is 25.9 Å². The minimum atomic E-state index is -0.406. The summed E-state index contributed by atoms with van der Waals surface area (Å²) in [6.45, 7) is 3.61. The Labute approximate surface area is 215 Å². The van der Waals surface area contributed by atoms with Crippen LogP contribution in [0.5, 0.6) is 0 Å². The van der Waals surface area contributed by atoms with Gasteiger partial charge in [-0.1, -0.05) is 35.0 Å². The topological polar surface area (TPSA) is 109 Å². The fourth-order valence-corrected chi connectivity index (χ4v) is 5.62. The average Bonchev–Trinajstić information content (AvgIpc) is 3.52. The Kier molecular flexibility index (Phi) is 7.87. The maximum Gasteiger partial charge on any atom is 0.240 e. The van der Waals surface area contributed by atoms with Crippen molar-refractivity contribution in [1.82, 2.24) is 29.8 Å². The van der Waals surface area contributed by atoms with E-state index in [9.17, 15) is 9.90 Å². The van der Waals surface area contributed by atoms with Gasteiger partial charge in [-0.2, -0.15) is 4.98 Å². The van der Waals surface area contributed by atoms with Crippen molar-refractivity contribution >= 4 is 28.4 Å². The minimum Gasteiger partial charge on any atom is -0.395 e. The smallest absolute Gasteiger partial charge is 0.240 e. The molecule has 0 unspecified atom stereocenters. The first kappa shape index (κ1) is 25.2. The van der Waals surface area contributed by atoms with Crippen molar-refractivity contribution < 1.29 is 19.2 Å². The van der Waals surface area contributed by atoms with Crippen LogP contribution in [0.15, 0.2) is 41.1 Å². The van der Waals surface area contributed by atoms with Crippen LogP contribution >= 0.6 is 11.6 Å². The lowest BCUT2D eigenvalue weighted by atomic mass is 9.95. The van der Waals surface area contributed by atoms with Crippen LogP contribution in [0.4, 0.5) is 0 Å². The molecule has 2 aromatic heterocycles. The highest BCUT2D eigenvalue weighted by Gasteiger charge is 2.33. The van der Waals surface area contributed by atoms with E-state index in [4.69, 9.17) is 20.9 Å². The van der Waals surface area contributed by atoms with Gasteiger partial charge in [-0.25, -0.2) is 0 Å². The maximum absolute atomic E-state index is 11.8. The van der Waals surface area contributed by atoms with Crippen LogP contribution in [0.1, 0.15) is 30.7 Å². The molecule has 10 nitrogen and oxygen atoms in total. The number of fused-ring (bicyclic) bond motifs is 1. The van der Waals surface area contributed by atoms with Gasteiger partial charge in [-0.15, -0.1) is 0 Å².